The Bertz CT molecular complexity index is 907. The van der Waals surface area contributed by atoms with Crippen LogP contribution in [-0.4, -0.2) is 46.0 Å². The molecule has 0 amide bonds. The van der Waals surface area contributed by atoms with Crippen molar-refractivity contribution >= 4 is 15.7 Å². The van der Waals surface area contributed by atoms with E-state index in [1.54, 1.807) is 31.2 Å². The quantitative estimate of drug-likeness (QED) is 0.821. The molecule has 0 spiro atoms. The first-order valence-corrected chi connectivity index (χ1v) is 9.93. The van der Waals surface area contributed by atoms with E-state index in [1.165, 1.54) is 17.5 Å². The second-order valence-corrected chi connectivity index (χ2v) is 8.34. The first kappa shape index (κ1) is 18.7. The summed E-state index contributed by atoms with van der Waals surface area (Å²) in [7, 11) is -2.10. The van der Waals surface area contributed by atoms with Crippen LogP contribution in [0.5, 0.6) is 5.75 Å². The molecule has 0 N–H and O–H groups in total. The molecule has 1 saturated heterocycles. The van der Waals surface area contributed by atoms with Crippen LogP contribution in [0.25, 0.3) is 0 Å². The predicted molar refractivity (Wildman–Crippen MR) is 99.8 cm³/mol. The predicted octanol–water partition coefficient (Wildman–Crippen LogP) is 2.96. The Balaban J connectivity index is 1.82. The Morgan fingerprint density at radius 1 is 1.00 bits per heavy atom. The first-order valence-electron chi connectivity index (χ1n) is 8.49. The Kier molecular flexibility index (Phi) is 5.20. The fourth-order valence-corrected chi connectivity index (χ4v) is 4.97. The zero-order valence-corrected chi connectivity index (χ0v) is 16.0. The molecule has 3 rings (SSSR count). The normalized spacial score (nSPS) is 15.9. The van der Waals surface area contributed by atoms with E-state index in [-0.39, 0.29) is 10.7 Å². The van der Waals surface area contributed by atoms with E-state index in [4.69, 9.17) is 4.74 Å². The lowest BCUT2D eigenvalue weighted by molar-refractivity contribution is 0.381. The van der Waals surface area contributed by atoms with Crippen LogP contribution in [0.1, 0.15) is 11.1 Å². The van der Waals surface area contributed by atoms with Gasteiger partial charge in [0.15, 0.2) is 0 Å². The third kappa shape index (κ3) is 3.41. The summed E-state index contributed by atoms with van der Waals surface area (Å²) in [6.45, 7) is 5.19. The lowest BCUT2D eigenvalue weighted by Crippen LogP contribution is -2.49. The third-order valence-corrected chi connectivity index (χ3v) is 6.78. The molecular weight excluding hydrogens is 355 g/mol. The van der Waals surface area contributed by atoms with Gasteiger partial charge in [0.1, 0.15) is 11.6 Å². The first-order chi connectivity index (χ1) is 12.3. The average Bonchev–Trinajstić information content (AvgIpc) is 2.62. The average molecular weight is 378 g/mol. The zero-order chi connectivity index (χ0) is 18.9. The highest BCUT2D eigenvalue weighted by Gasteiger charge is 2.30. The number of hydrogen-bond acceptors (Lipinski definition) is 4. The number of para-hydroxylation sites is 1. The molecule has 1 fully saturated rings. The molecule has 0 radical (unpaired) electrons. The van der Waals surface area contributed by atoms with Gasteiger partial charge >= 0.3 is 0 Å². The van der Waals surface area contributed by atoms with Crippen molar-refractivity contribution in [3.8, 4) is 5.75 Å². The van der Waals surface area contributed by atoms with Crippen LogP contribution in [0.4, 0.5) is 10.1 Å². The summed E-state index contributed by atoms with van der Waals surface area (Å²) in [6.07, 6.45) is 0. The van der Waals surface area contributed by atoms with Gasteiger partial charge in [-0.05, 0) is 37.1 Å². The summed E-state index contributed by atoms with van der Waals surface area (Å²) in [4.78, 5) is 2.14. The number of hydrogen-bond donors (Lipinski definition) is 0. The highest BCUT2D eigenvalue weighted by atomic mass is 32.2. The molecule has 140 valence electrons. The molecule has 0 atom stereocenters. The SMILES string of the molecule is COc1cc(S(=O)(=O)N2CCN(c3ccccc3F)CC2)c(C)cc1C. The molecule has 7 heteroatoms. The molecule has 0 aliphatic carbocycles. The van der Waals surface area contributed by atoms with Crippen molar-refractivity contribution in [1.29, 1.82) is 0 Å². The second kappa shape index (κ2) is 7.25. The highest BCUT2D eigenvalue weighted by Crippen LogP contribution is 2.29. The zero-order valence-electron chi connectivity index (χ0n) is 15.2. The van der Waals surface area contributed by atoms with Gasteiger partial charge in [0.25, 0.3) is 0 Å². The number of methoxy groups -OCH3 is 1. The minimum Gasteiger partial charge on any atom is -0.496 e. The van der Waals surface area contributed by atoms with Crippen LogP contribution in [0.15, 0.2) is 41.3 Å². The molecule has 0 saturated carbocycles. The molecular formula is C19H23FN2O3S. The summed E-state index contributed by atoms with van der Waals surface area (Å²) in [6, 6.07) is 9.97. The number of rotatable bonds is 4. The Morgan fingerprint density at radius 2 is 1.65 bits per heavy atom. The van der Waals surface area contributed by atoms with E-state index in [1.807, 2.05) is 17.9 Å². The summed E-state index contributed by atoms with van der Waals surface area (Å²) < 4.78 is 46.8. The van der Waals surface area contributed by atoms with Gasteiger partial charge in [-0.1, -0.05) is 18.2 Å². The maximum Gasteiger partial charge on any atom is 0.243 e. The van der Waals surface area contributed by atoms with E-state index in [9.17, 15) is 12.8 Å². The number of ether oxygens (including phenoxy) is 1. The summed E-state index contributed by atoms with van der Waals surface area (Å²) in [5.74, 6) is 0.266. The Hall–Kier alpha value is -2.12. The number of nitrogens with zero attached hydrogens (tertiary/aromatic N) is 2. The molecule has 1 aliphatic rings. The van der Waals surface area contributed by atoms with Crippen molar-refractivity contribution in [2.45, 2.75) is 18.7 Å². The summed E-state index contributed by atoms with van der Waals surface area (Å²) in [5, 5.41) is 0. The van der Waals surface area contributed by atoms with Crippen LogP contribution in [-0.2, 0) is 10.0 Å². The maximum atomic E-state index is 14.0. The molecule has 1 aliphatic heterocycles. The van der Waals surface area contributed by atoms with Gasteiger partial charge in [0.2, 0.25) is 10.0 Å². The standard InChI is InChI=1S/C19H23FN2O3S/c1-14-12-15(2)19(13-18(14)25-3)26(23,24)22-10-8-21(9-11-22)17-7-5-4-6-16(17)20/h4-7,12-13H,8-11H2,1-3H3. The van der Waals surface area contributed by atoms with Crippen molar-refractivity contribution in [3.63, 3.8) is 0 Å². The fraction of sp³-hybridized carbons (Fsp3) is 0.368. The molecule has 2 aromatic rings. The van der Waals surface area contributed by atoms with E-state index in [0.717, 1.165) is 5.56 Å². The second-order valence-electron chi connectivity index (χ2n) is 6.43. The third-order valence-electron chi connectivity index (χ3n) is 4.74. The molecule has 5 nitrogen and oxygen atoms in total. The number of aryl methyl sites for hydroxylation is 2. The highest BCUT2D eigenvalue weighted by molar-refractivity contribution is 7.89. The number of anilines is 1. The van der Waals surface area contributed by atoms with Gasteiger partial charge < -0.3 is 9.64 Å². The van der Waals surface area contributed by atoms with Gasteiger partial charge in [-0.15, -0.1) is 0 Å². The monoisotopic (exact) mass is 378 g/mol. The molecule has 0 unspecified atom stereocenters. The van der Waals surface area contributed by atoms with Crippen LogP contribution in [0, 0.1) is 19.7 Å². The minimum absolute atomic E-state index is 0.263. The van der Waals surface area contributed by atoms with Gasteiger partial charge in [-0.3, -0.25) is 0 Å². The minimum atomic E-state index is -3.62. The van der Waals surface area contributed by atoms with Crippen molar-refractivity contribution < 1.29 is 17.5 Å². The van der Waals surface area contributed by atoms with Crippen LogP contribution < -0.4 is 9.64 Å². The van der Waals surface area contributed by atoms with E-state index in [0.29, 0.717) is 43.2 Å². The number of halogens is 1. The molecule has 26 heavy (non-hydrogen) atoms. The van der Waals surface area contributed by atoms with E-state index < -0.39 is 10.0 Å². The van der Waals surface area contributed by atoms with Gasteiger partial charge in [0.05, 0.1) is 17.7 Å². The fourth-order valence-electron chi connectivity index (χ4n) is 3.33. The smallest absolute Gasteiger partial charge is 0.243 e. The maximum absolute atomic E-state index is 14.0. The van der Waals surface area contributed by atoms with Crippen molar-refractivity contribution in [3.05, 3.63) is 53.3 Å². The summed E-state index contributed by atoms with van der Waals surface area (Å²) >= 11 is 0. The number of sulfonamides is 1. The Labute approximate surface area is 154 Å². The molecule has 0 bridgehead atoms. The molecule has 1 heterocycles. The number of benzene rings is 2. The van der Waals surface area contributed by atoms with Gasteiger partial charge in [-0.25, -0.2) is 12.8 Å². The molecule has 0 aromatic heterocycles. The van der Waals surface area contributed by atoms with Crippen LogP contribution >= 0.6 is 0 Å². The van der Waals surface area contributed by atoms with Crippen LogP contribution in [0.3, 0.4) is 0 Å². The molecule has 2 aromatic carbocycles. The largest absolute Gasteiger partial charge is 0.496 e. The van der Waals surface area contributed by atoms with E-state index in [2.05, 4.69) is 0 Å². The van der Waals surface area contributed by atoms with Gasteiger partial charge in [-0.2, -0.15) is 4.31 Å². The lowest BCUT2D eigenvalue weighted by Gasteiger charge is -2.35. The van der Waals surface area contributed by atoms with Crippen molar-refractivity contribution in [2.24, 2.45) is 0 Å². The van der Waals surface area contributed by atoms with E-state index >= 15 is 0 Å². The summed E-state index contributed by atoms with van der Waals surface area (Å²) in [5.41, 5.74) is 2.10. The number of piperazine rings is 1. The topological polar surface area (TPSA) is 49.9 Å². The Morgan fingerprint density at radius 3 is 2.27 bits per heavy atom. The van der Waals surface area contributed by atoms with Crippen LogP contribution in [0.2, 0.25) is 0 Å². The van der Waals surface area contributed by atoms with Crippen molar-refractivity contribution in [1.82, 2.24) is 4.31 Å². The lowest BCUT2D eigenvalue weighted by atomic mass is 10.1. The van der Waals surface area contributed by atoms with Gasteiger partial charge in [0, 0.05) is 32.2 Å². The van der Waals surface area contributed by atoms with Crippen molar-refractivity contribution in [2.75, 3.05) is 38.2 Å².